The number of benzene rings is 2. The van der Waals surface area contributed by atoms with Gasteiger partial charge in [-0.2, -0.15) is 4.98 Å². The molecule has 2 aromatic heterocycles. The molecule has 3 heterocycles. The Labute approximate surface area is 365 Å². The number of Topliss-reactive ketones (excluding diaryl/α,β-unsaturated/α-hetero) is 2. The van der Waals surface area contributed by atoms with Crippen LogP contribution in [0.3, 0.4) is 0 Å². The second kappa shape index (κ2) is 22.0. The summed E-state index contributed by atoms with van der Waals surface area (Å²) in [4.78, 5) is 86.0. The highest BCUT2D eigenvalue weighted by Gasteiger charge is 2.27. The van der Waals surface area contributed by atoms with Gasteiger partial charge in [-0.15, -0.1) is 0 Å². The van der Waals surface area contributed by atoms with Crippen molar-refractivity contribution >= 4 is 69.2 Å². The van der Waals surface area contributed by atoms with Gasteiger partial charge in [-0.25, -0.2) is 4.98 Å². The summed E-state index contributed by atoms with van der Waals surface area (Å²) in [6.45, 7) is 6.56. The van der Waals surface area contributed by atoms with Gasteiger partial charge in [0, 0.05) is 67.8 Å². The number of aryl methyl sites for hydroxylation is 1. The Bertz CT molecular complexity index is 2350. The first-order chi connectivity index (χ1) is 29.7. The predicted octanol–water partition coefficient (Wildman–Crippen LogP) is 5.12. The number of hydrogen-bond acceptors (Lipinski definition) is 13. The number of halogens is 1. The average molecular weight is 875 g/mol. The SMILES string of the molecule is CCC(C)C(=O)c1c(OCC(=O)NCCCCCCNC(=O)C2CCN(c3ncc(Cl)c(Nc4cc(OC)c5c(c4)cc(OCC(N)=O)c(=O)n5C)n3)CC2)cccc1C(C)=O. The second-order valence-electron chi connectivity index (χ2n) is 15.2. The number of piperidine rings is 1. The van der Waals surface area contributed by atoms with Crippen LogP contribution in [0, 0.1) is 11.8 Å². The van der Waals surface area contributed by atoms with Gasteiger partial charge in [-0.1, -0.05) is 50.4 Å². The lowest BCUT2D eigenvalue weighted by Gasteiger charge is -2.31. The van der Waals surface area contributed by atoms with E-state index in [1.54, 1.807) is 44.3 Å². The van der Waals surface area contributed by atoms with Gasteiger partial charge in [0.15, 0.2) is 36.3 Å². The largest absolute Gasteiger partial charge is 0.494 e. The molecule has 0 aliphatic carbocycles. The number of unbranched alkanes of at least 4 members (excludes halogenated alkanes) is 3. The van der Waals surface area contributed by atoms with Crippen molar-refractivity contribution in [3.63, 3.8) is 0 Å². The van der Waals surface area contributed by atoms with Crippen LogP contribution in [0.1, 0.15) is 86.4 Å². The lowest BCUT2D eigenvalue weighted by atomic mass is 9.91. The van der Waals surface area contributed by atoms with Crippen molar-refractivity contribution in [2.24, 2.45) is 24.6 Å². The highest BCUT2D eigenvalue weighted by atomic mass is 35.5. The molecule has 5 rings (SSSR count). The number of methoxy groups -OCH3 is 1. The van der Waals surface area contributed by atoms with Crippen molar-refractivity contribution in [1.29, 1.82) is 0 Å². The predicted molar refractivity (Wildman–Crippen MR) is 236 cm³/mol. The number of anilines is 3. The number of ether oxygens (including phenoxy) is 3. The maximum absolute atomic E-state index is 13.0. The lowest BCUT2D eigenvalue weighted by Crippen LogP contribution is -2.41. The van der Waals surface area contributed by atoms with E-state index >= 15 is 0 Å². The number of nitrogens with zero attached hydrogens (tertiary/aromatic N) is 4. The fourth-order valence-electron chi connectivity index (χ4n) is 7.14. The van der Waals surface area contributed by atoms with Crippen LogP contribution in [0.2, 0.25) is 5.02 Å². The highest BCUT2D eigenvalue weighted by molar-refractivity contribution is 6.33. The zero-order chi connectivity index (χ0) is 44.9. The van der Waals surface area contributed by atoms with Gasteiger partial charge in [-0.3, -0.25) is 28.8 Å². The summed E-state index contributed by atoms with van der Waals surface area (Å²) in [5.74, 6) is -0.459. The molecule has 0 spiro atoms. The van der Waals surface area contributed by atoms with Gasteiger partial charge in [0.1, 0.15) is 16.5 Å². The van der Waals surface area contributed by atoms with E-state index in [-0.39, 0.29) is 69.5 Å². The highest BCUT2D eigenvalue weighted by Crippen LogP contribution is 2.34. The monoisotopic (exact) mass is 874 g/mol. The molecule has 1 atom stereocenters. The van der Waals surface area contributed by atoms with E-state index in [0.717, 1.165) is 25.7 Å². The standard InChI is InChI=1S/C44H55ClN8O9/c1-6-26(2)40(57)38-31(27(3)54)12-11-13-33(38)62-25-37(56)47-16-9-7-8-10-17-48-42(58)28-14-18-53(19-15-28)44-49-23-32(45)41(51-44)50-30-20-29-21-35(61-24-36(46)55)43(59)52(4)39(29)34(22-30)60-5/h11-13,20-23,26,28H,6-10,14-19,24-25H2,1-5H3,(H2,46,55)(H,47,56)(H,48,58)(H,49,50,51). The number of primary amides is 1. The van der Waals surface area contributed by atoms with Crippen molar-refractivity contribution in [3.05, 3.63) is 69.1 Å². The van der Waals surface area contributed by atoms with E-state index < -0.39 is 18.1 Å². The molecule has 0 radical (unpaired) electrons. The van der Waals surface area contributed by atoms with Crippen LogP contribution in [0.5, 0.6) is 17.2 Å². The Hall–Kier alpha value is -6.23. The summed E-state index contributed by atoms with van der Waals surface area (Å²) >= 11 is 6.52. The molecule has 1 aliphatic heterocycles. The number of ketones is 2. The number of pyridine rings is 1. The first kappa shape index (κ1) is 46.8. The summed E-state index contributed by atoms with van der Waals surface area (Å²) in [5.41, 5.74) is 6.34. The minimum absolute atomic E-state index is 0.0186. The van der Waals surface area contributed by atoms with Gasteiger partial charge in [0.2, 0.25) is 11.9 Å². The summed E-state index contributed by atoms with van der Waals surface area (Å²) in [7, 11) is 3.06. The summed E-state index contributed by atoms with van der Waals surface area (Å²) in [6, 6.07) is 9.84. The third-order valence-corrected chi connectivity index (χ3v) is 11.0. The van der Waals surface area contributed by atoms with Gasteiger partial charge in [0.05, 0.1) is 24.4 Å². The summed E-state index contributed by atoms with van der Waals surface area (Å²) in [6.07, 6.45) is 6.69. The van der Waals surface area contributed by atoms with E-state index in [9.17, 15) is 28.8 Å². The van der Waals surface area contributed by atoms with Crippen LogP contribution >= 0.6 is 11.6 Å². The molecule has 18 heteroatoms. The van der Waals surface area contributed by atoms with Crippen LogP contribution < -0.4 is 46.4 Å². The Balaban J connectivity index is 1.03. The van der Waals surface area contributed by atoms with Gasteiger partial charge in [-0.05, 0) is 57.2 Å². The fourth-order valence-corrected chi connectivity index (χ4v) is 7.28. The van der Waals surface area contributed by atoms with E-state index in [4.69, 9.17) is 36.5 Å². The molecule has 62 heavy (non-hydrogen) atoms. The third-order valence-electron chi connectivity index (χ3n) is 10.8. The molecule has 17 nitrogen and oxygen atoms in total. The van der Waals surface area contributed by atoms with E-state index in [0.29, 0.717) is 79.5 Å². The van der Waals surface area contributed by atoms with Crippen LogP contribution in [0.15, 0.2) is 47.4 Å². The molecular weight excluding hydrogens is 820 g/mol. The number of fused-ring (bicyclic) bond motifs is 1. The zero-order valence-electron chi connectivity index (χ0n) is 35.8. The Morgan fingerprint density at radius 3 is 2.31 bits per heavy atom. The fraction of sp³-hybridized carbons (Fsp3) is 0.455. The van der Waals surface area contributed by atoms with Crippen molar-refractivity contribution in [2.45, 2.75) is 65.7 Å². The molecule has 1 fully saturated rings. The molecule has 1 unspecified atom stereocenters. The second-order valence-corrected chi connectivity index (χ2v) is 15.7. The van der Waals surface area contributed by atoms with Crippen molar-refractivity contribution in [2.75, 3.05) is 56.7 Å². The molecule has 0 bridgehead atoms. The van der Waals surface area contributed by atoms with Crippen LogP contribution in [-0.4, -0.2) is 90.3 Å². The minimum Gasteiger partial charge on any atom is -0.494 e. The Kier molecular flexibility index (Phi) is 16.6. The zero-order valence-corrected chi connectivity index (χ0v) is 36.6. The number of nitrogens with one attached hydrogen (secondary N) is 3. The molecule has 0 saturated carbocycles. The minimum atomic E-state index is -0.712. The normalized spacial score (nSPS) is 13.3. The molecule has 4 aromatic rings. The van der Waals surface area contributed by atoms with E-state index in [1.165, 1.54) is 30.9 Å². The number of aromatic nitrogens is 3. The van der Waals surface area contributed by atoms with Crippen LogP contribution in [-0.2, 0) is 21.4 Å². The van der Waals surface area contributed by atoms with E-state index in [1.807, 2.05) is 11.8 Å². The quantitative estimate of drug-likeness (QED) is 0.0595. The Morgan fingerprint density at radius 2 is 1.65 bits per heavy atom. The number of carbonyl (C=O) groups excluding carboxylic acids is 5. The average Bonchev–Trinajstić information content (AvgIpc) is 3.26. The van der Waals surface area contributed by atoms with Crippen molar-refractivity contribution in [1.82, 2.24) is 25.2 Å². The number of carbonyl (C=O) groups is 5. The van der Waals surface area contributed by atoms with E-state index in [2.05, 4.69) is 20.9 Å². The molecule has 332 valence electrons. The molecule has 1 aliphatic rings. The first-order valence-corrected chi connectivity index (χ1v) is 21.1. The topological polar surface area (TPSA) is 226 Å². The first-order valence-electron chi connectivity index (χ1n) is 20.7. The van der Waals surface area contributed by atoms with Gasteiger partial charge < -0.3 is 45.4 Å². The Morgan fingerprint density at radius 1 is 0.952 bits per heavy atom. The number of nitrogens with two attached hydrogens (primary N) is 1. The van der Waals surface area contributed by atoms with Crippen molar-refractivity contribution < 1.29 is 38.2 Å². The summed E-state index contributed by atoms with van der Waals surface area (Å²) in [5, 5.41) is 10.00. The molecule has 3 amide bonds. The molecule has 5 N–H and O–H groups in total. The van der Waals surface area contributed by atoms with Crippen molar-refractivity contribution in [3.8, 4) is 17.2 Å². The number of rotatable bonds is 22. The van der Waals surface area contributed by atoms with Gasteiger partial charge in [0.25, 0.3) is 17.4 Å². The van der Waals surface area contributed by atoms with Crippen LogP contribution in [0.4, 0.5) is 17.5 Å². The molecule has 1 saturated heterocycles. The molecule has 2 aromatic carbocycles. The maximum Gasteiger partial charge on any atom is 0.293 e. The lowest BCUT2D eigenvalue weighted by molar-refractivity contribution is -0.125. The smallest absolute Gasteiger partial charge is 0.293 e. The maximum atomic E-state index is 13.0. The third kappa shape index (κ3) is 12.0. The van der Waals surface area contributed by atoms with Crippen LogP contribution in [0.25, 0.3) is 10.9 Å². The molecular formula is C44H55ClN8O9. The number of amides is 3. The van der Waals surface area contributed by atoms with Gasteiger partial charge >= 0.3 is 0 Å². The number of hydrogen-bond donors (Lipinski definition) is 4. The summed E-state index contributed by atoms with van der Waals surface area (Å²) < 4.78 is 18.0.